The summed E-state index contributed by atoms with van der Waals surface area (Å²) in [7, 11) is 1.68. The van der Waals surface area contributed by atoms with Crippen LogP contribution < -0.4 is 5.32 Å². The van der Waals surface area contributed by atoms with Crippen molar-refractivity contribution in [1.82, 2.24) is 15.1 Å². The van der Waals surface area contributed by atoms with Crippen LogP contribution in [0, 0.1) is 0 Å². The largest absolute Gasteiger partial charge is 0.341 e. The Morgan fingerprint density at radius 2 is 1.60 bits per heavy atom. The van der Waals surface area contributed by atoms with E-state index in [-0.39, 0.29) is 6.03 Å². The van der Waals surface area contributed by atoms with Gasteiger partial charge in [0.2, 0.25) is 0 Å². The van der Waals surface area contributed by atoms with Crippen molar-refractivity contribution in [1.29, 1.82) is 0 Å². The van der Waals surface area contributed by atoms with E-state index in [2.05, 4.69) is 24.1 Å². The number of carbonyl (C=O) groups excluding carboxylic acids is 1. The number of urea groups is 1. The Morgan fingerprint density at radius 3 is 1.93 bits per heavy atom. The fraction of sp³-hybridized carbons (Fsp3) is 0.909. The summed E-state index contributed by atoms with van der Waals surface area (Å²) >= 11 is 0. The molecule has 1 saturated heterocycles. The van der Waals surface area contributed by atoms with Crippen molar-refractivity contribution in [3.05, 3.63) is 0 Å². The quantitative estimate of drug-likeness (QED) is 0.717. The van der Waals surface area contributed by atoms with E-state index in [1.807, 2.05) is 18.7 Å². The molecule has 0 bridgehead atoms. The van der Waals surface area contributed by atoms with Crippen LogP contribution in [0.15, 0.2) is 0 Å². The highest BCUT2D eigenvalue weighted by Crippen LogP contribution is 2.05. The van der Waals surface area contributed by atoms with Gasteiger partial charge < -0.3 is 10.2 Å². The SMILES string of the molecule is CC.CNC(=O)N1CCN(C(C)C)CC1. The Labute approximate surface area is 93.6 Å². The fourth-order valence-electron chi connectivity index (χ4n) is 1.60. The Hall–Kier alpha value is -0.770. The number of amides is 2. The molecule has 90 valence electrons. The number of hydrogen-bond acceptors (Lipinski definition) is 2. The zero-order chi connectivity index (χ0) is 11.8. The van der Waals surface area contributed by atoms with E-state index in [1.54, 1.807) is 7.05 Å². The van der Waals surface area contributed by atoms with Crippen molar-refractivity contribution in [2.75, 3.05) is 33.2 Å². The van der Waals surface area contributed by atoms with E-state index in [9.17, 15) is 4.79 Å². The lowest BCUT2D eigenvalue weighted by Gasteiger charge is -2.36. The van der Waals surface area contributed by atoms with E-state index >= 15 is 0 Å². The molecule has 0 aliphatic carbocycles. The standard InChI is InChI=1S/C9H19N3O.C2H6/c1-8(2)11-4-6-12(7-5-11)9(13)10-3;1-2/h8H,4-7H2,1-3H3,(H,10,13);1-2H3. The maximum absolute atomic E-state index is 11.2. The zero-order valence-corrected chi connectivity index (χ0v) is 10.7. The second kappa shape index (κ2) is 7.51. The molecule has 15 heavy (non-hydrogen) atoms. The lowest BCUT2D eigenvalue weighted by molar-refractivity contribution is 0.120. The van der Waals surface area contributed by atoms with Gasteiger partial charge in [0.25, 0.3) is 0 Å². The molecule has 0 saturated carbocycles. The molecule has 0 aromatic carbocycles. The van der Waals surface area contributed by atoms with Crippen molar-refractivity contribution in [2.24, 2.45) is 0 Å². The van der Waals surface area contributed by atoms with Crippen molar-refractivity contribution in [2.45, 2.75) is 33.7 Å². The van der Waals surface area contributed by atoms with Crippen LogP contribution in [-0.4, -0.2) is 55.1 Å². The summed E-state index contributed by atoms with van der Waals surface area (Å²) in [5.41, 5.74) is 0. The molecule has 1 aliphatic rings. The minimum Gasteiger partial charge on any atom is -0.341 e. The van der Waals surface area contributed by atoms with Crippen LogP contribution in [0.5, 0.6) is 0 Å². The van der Waals surface area contributed by atoms with Gasteiger partial charge in [-0.25, -0.2) is 4.79 Å². The molecule has 0 spiro atoms. The molecule has 0 aromatic rings. The van der Waals surface area contributed by atoms with E-state index in [0.717, 1.165) is 26.2 Å². The van der Waals surface area contributed by atoms with Crippen molar-refractivity contribution < 1.29 is 4.79 Å². The van der Waals surface area contributed by atoms with Gasteiger partial charge >= 0.3 is 6.03 Å². The van der Waals surface area contributed by atoms with Crippen LogP contribution in [-0.2, 0) is 0 Å². The van der Waals surface area contributed by atoms with E-state index in [0.29, 0.717) is 6.04 Å². The monoisotopic (exact) mass is 215 g/mol. The summed E-state index contributed by atoms with van der Waals surface area (Å²) in [6, 6.07) is 0.634. The molecule has 0 unspecified atom stereocenters. The van der Waals surface area contributed by atoms with Crippen LogP contribution >= 0.6 is 0 Å². The lowest BCUT2D eigenvalue weighted by Crippen LogP contribution is -2.52. The number of nitrogens with one attached hydrogen (secondary N) is 1. The first-order chi connectivity index (χ1) is 7.15. The van der Waals surface area contributed by atoms with Crippen molar-refractivity contribution in [3.8, 4) is 0 Å². The second-order valence-electron chi connectivity index (χ2n) is 3.67. The van der Waals surface area contributed by atoms with Gasteiger partial charge in [-0.3, -0.25) is 4.90 Å². The number of piperazine rings is 1. The van der Waals surface area contributed by atoms with Gasteiger partial charge in [0.05, 0.1) is 0 Å². The first kappa shape index (κ1) is 14.2. The normalized spacial score (nSPS) is 17.1. The molecule has 4 nitrogen and oxygen atoms in total. The van der Waals surface area contributed by atoms with Gasteiger partial charge in [-0.2, -0.15) is 0 Å². The Balaban J connectivity index is 0.000000921. The first-order valence-electron chi connectivity index (χ1n) is 5.86. The number of rotatable bonds is 1. The third-order valence-corrected chi connectivity index (χ3v) is 2.55. The van der Waals surface area contributed by atoms with Gasteiger partial charge in [-0.05, 0) is 13.8 Å². The molecule has 1 rings (SSSR count). The second-order valence-corrected chi connectivity index (χ2v) is 3.67. The molecule has 1 N–H and O–H groups in total. The van der Waals surface area contributed by atoms with Crippen molar-refractivity contribution >= 4 is 6.03 Å². The smallest absolute Gasteiger partial charge is 0.317 e. The van der Waals surface area contributed by atoms with Crippen LogP contribution in [0.3, 0.4) is 0 Å². The highest BCUT2D eigenvalue weighted by Gasteiger charge is 2.21. The van der Waals surface area contributed by atoms with Gasteiger partial charge in [-0.15, -0.1) is 0 Å². The molecule has 4 heteroatoms. The average molecular weight is 215 g/mol. The van der Waals surface area contributed by atoms with Crippen molar-refractivity contribution in [3.63, 3.8) is 0 Å². The van der Waals surface area contributed by atoms with Crippen LogP contribution in [0.25, 0.3) is 0 Å². The van der Waals surface area contributed by atoms with E-state index in [1.165, 1.54) is 0 Å². The minimum atomic E-state index is 0.0448. The zero-order valence-electron chi connectivity index (χ0n) is 10.7. The number of nitrogens with zero attached hydrogens (tertiary/aromatic N) is 2. The van der Waals surface area contributed by atoms with Crippen LogP contribution in [0.2, 0.25) is 0 Å². The predicted octanol–water partition coefficient (Wildman–Crippen LogP) is 1.38. The summed E-state index contributed by atoms with van der Waals surface area (Å²) in [5.74, 6) is 0. The molecule has 0 aromatic heterocycles. The fourth-order valence-corrected chi connectivity index (χ4v) is 1.60. The van der Waals surface area contributed by atoms with Gasteiger partial charge in [-0.1, -0.05) is 13.8 Å². The maximum atomic E-state index is 11.2. The Kier molecular flexibility index (Phi) is 7.13. The molecule has 1 fully saturated rings. The molecule has 0 radical (unpaired) electrons. The molecule has 1 aliphatic heterocycles. The van der Waals surface area contributed by atoms with Crippen LogP contribution in [0.1, 0.15) is 27.7 Å². The molecule has 0 atom stereocenters. The third-order valence-electron chi connectivity index (χ3n) is 2.55. The summed E-state index contributed by atoms with van der Waals surface area (Å²) in [6.45, 7) is 12.1. The summed E-state index contributed by atoms with van der Waals surface area (Å²) in [5, 5.41) is 2.65. The van der Waals surface area contributed by atoms with Crippen LogP contribution in [0.4, 0.5) is 4.79 Å². The average Bonchev–Trinajstić information content (AvgIpc) is 2.31. The number of hydrogen-bond donors (Lipinski definition) is 1. The highest BCUT2D eigenvalue weighted by molar-refractivity contribution is 5.73. The van der Waals surface area contributed by atoms with Gasteiger partial charge in [0.15, 0.2) is 0 Å². The lowest BCUT2D eigenvalue weighted by atomic mass is 10.2. The Bertz CT molecular complexity index is 175. The van der Waals surface area contributed by atoms with Gasteiger partial charge in [0, 0.05) is 39.3 Å². The van der Waals surface area contributed by atoms with Gasteiger partial charge in [0.1, 0.15) is 0 Å². The summed E-state index contributed by atoms with van der Waals surface area (Å²) in [4.78, 5) is 15.5. The molecular formula is C11H25N3O. The highest BCUT2D eigenvalue weighted by atomic mass is 16.2. The number of carbonyl (C=O) groups is 1. The maximum Gasteiger partial charge on any atom is 0.317 e. The third kappa shape index (κ3) is 4.51. The summed E-state index contributed by atoms with van der Waals surface area (Å²) < 4.78 is 0. The Morgan fingerprint density at radius 1 is 1.13 bits per heavy atom. The topological polar surface area (TPSA) is 35.6 Å². The first-order valence-corrected chi connectivity index (χ1v) is 5.86. The van der Waals surface area contributed by atoms with E-state index in [4.69, 9.17) is 0 Å². The molecule has 1 heterocycles. The minimum absolute atomic E-state index is 0.0448. The molecular weight excluding hydrogens is 190 g/mol. The summed E-state index contributed by atoms with van der Waals surface area (Å²) in [6.07, 6.45) is 0. The molecule has 2 amide bonds. The van der Waals surface area contributed by atoms with E-state index < -0.39 is 0 Å². The predicted molar refractivity (Wildman–Crippen MR) is 64.1 cm³/mol.